The maximum absolute atomic E-state index is 12.3. The third-order valence-electron chi connectivity index (χ3n) is 3.88. The second kappa shape index (κ2) is 6.10. The predicted molar refractivity (Wildman–Crippen MR) is 81.8 cm³/mol. The number of carbonyl (C=O) groups excluding carboxylic acids is 1. The molecule has 1 aliphatic rings. The second-order valence-corrected chi connectivity index (χ2v) is 5.22. The Morgan fingerprint density at radius 3 is 2.62 bits per heavy atom. The van der Waals surface area contributed by atoms with Crippen molar-refractivity contribution in [3.8, 4) is 0 Å². The number of hydrogen-bond acceptors (Lipinski definition) is 3. The average Bonchev–Trinajstić information content (AvgIpc) is 2.55. The molecule has 1 N–H and O–H groups in total. The van der Waals surface area contributed by atoms with Crippen LogP contribution in [0.3, 0.4) is 0 Å². The van der Waals surface area contributed by atoms with E-state index in [1.807, 2.05) is 43.3 Å². The minimum Gasteiger partial charge on any atom is -0.465 e. The summed E-state index contributed by atoms with van der Waals surface area (Å²) in [5.41, 5.74) is 3.44. The Balaban J connectivity index is 1.95. The normalized spacial score (nSPS) is 20.6. The van der Waals surface area contributed by atoms with E-state index in [-0.39, 0.29) is 18.1 Å². The Kier molecular flexibility index (Phi) is 4.02. The minimum atomic E-state index is -0.389. The first-order valence-corrected chi connectivity index (χ1v) is 7.35. The topological polar surface area (TPSA) is 38.3 Å². The summed E-state index contributed by atoms with van der Waals surface area (Å²) < 4.78 is 5.22. The molecule has 108 valence electrons. The van der Waals surface area contributed by atoms with Gasteiger partial charge in [-0.2, -0.15) is 0 Å². The lowest BCUT2D eigenvalue weighted by atomic mass is 9.87. The molecule has 21 heavy (non-hydrogen) atoms. The van der Waals surface area contributed by atoms with Gasteiger partial charge in [0.2, 0.25) is 0 Å². The standard InChI is InChI=1S/C18H19NO2/c1-2-21-18(20)17-15-11-7-6-10-14(15)12-16(19-17)13-8-4-3-5-9-13/h3-11,16-17,19H,2,12H2,1H3/t16?,17-/m0/s1. The van der Waals surface area contributed by atoms with Crippen LogP contribution in [0.1, 0.15) is 35.7 Å². The first-order chi connectivity index (χ1) is 10.3. The number of carbonyl (C=O) groups is 1. The van der Waals surface area contributed by atoms with Gasteiger partial charge in [0.15, 0.2) is 0 Å². The molecule has 0 spiro atoms. The summed E-state index contributed by atoms with van der Waals surface area (Å²) in [6, 6.07) is 18.1. The van der Waals surface area contributed by atoms with Gasteiger partial charge in [-0.15, -0.1) is 0 Å². The number of benzene rings is 2. The molecule has 0 saturated carbocycles. The van der Waals surface area contributed by atoms with Crippen LogP contribution in [0.15, 0.2) is 54.6 Å². The van der Waals surface area contributed by atoms with Crippen LogP contribution in [-0.4, -0.2) is 12.6 Å². The first-order valence-electron chi connectivity index (χ1n) is 7.35. The number of fused-ring (bicyclic) bond motifs is 1. The molecule has 0 saturated heterocycles. The molecule has 0 aromatic heterocycles. The van der Waals surface area contributed by atoms with Crippen molar-refractivity contribution < 1.29 is 9.53 Å². The van der Waals surface area contributed by atoms with Crippen molar-refractivity contribution in [1.82, 2.24) is 5.32 Å². The fraction of sp³-hybridized carbons (Fsp3) is 0.278. The van der Waals surface area contributed by atoms with Gasteiger partial charge in [0.05, 0.1) is 6.61 Å². The Morgan fingerprint density at radius 1 is 1.14 bits per heavy atom. The number of rotatable bonds is 3. The van der Waals surface area contributed by atoms with Gasteiger partial charge < -0.3 is 4.74 Å². The van der Waals surface area contributed by atoms with Gasteiger partial charge in [-0.25, -0.2) is 4.79 Å². The summed E-state index contributed by atoms with van der Waals surface area (Å²) in [6.45, 7) is 2.23. The molecule has 3 rings (SSSR count). The second-order valence-electron chi connectivity index (χ2n) is 5.22. The van der Waals surface area contributed by atoms with Crippen molar-refractivity contribution in [3.05, 3.63) is 71.3 Å². The van der Waals surface area contributed by atoms with E-state index < -0.39 is 0 Å². The van der Waals surface area contributed by atoms with Gasteiger partial charge in [-0.1, -0.05) is 54.6 Å². The van der Waals surface area contributed by atoms with E-state index >= 15 is 0 Å². The van der Waals surface area contributed by atoms with Crippen molar-refractivity contribution in [2.24, 2.45) is 0 Å². The van der Waals surface area contributed by atoms with Crippen LogP contribution in [-0.2, 0) is 16.0 Å². The van der Waals surface area contributed by atoms with E-state index in [9.17, 15) is 4.79 Å². The Bertz CT molecular complexity index is 624. The van der Waals surface area contributed by atoms with Crippen LogP contribution < -0.4 is 5.32 Å². The molecule has 1 unspecified atom stereocenters. The summed E-state index contributed by atoms with van der Waals surface area (Å²) in [5.74, 6) is -0.203. The highest BCUT2D eigenvalue weighted by atomic mass is 16.5. The lowest BCUT2D eigenvalue weighted by Crippen LogP contribution is -2.38. The van der Waals surface area contributed by atoms with E-state index in [2.05, 4.69) is 23.5 Å². The van der Waals surface area contributed by atoms with E-state index in [0.29, 0.717) is 6.61 Å². The molecule has 2 atom stereocenters. The summed E-state index contributed by atoms with van der Waals surface area (Å²) in [7, 11) is 0. The van der Waals surface area contributed by atoms with Crippen LogP contribution in [0.5, 0.6) is 0 Å². The van der Waals surface area contributed by atoms with Crippen molar-refractivity contribution in [3.63, 3.8) is 0 Å². The summed E-state index contributed by atoms with van der Waals surface area (Å²) in [5, 5.41) is 3.44. The molecule has 0 amide bonds. The first kappa shape index (κ1) is 13.8. The molecule has 1 aliphatic heterocycles. The summed E-state index contributed by atoms with van der Waals surface area (Å²) >= 11 is 0. The maximum atomic E-state index is 12.3. The molecule has 3 heteroatoms. The van der Waals surface area contributed by atoms with Gasteiger partial charge in [0, 0.05) is 6.04 Å². The molecule has 1 heterocycles. The van der Waals surface area contributed by atoms with Crippen molar-refractivity contribution in [1.29, 1.82) is 0 Å². The molecule has 0 radical (unpaired) electrons. The minimum absolute atomic E-state index is 0.135. The number of esters is 1. The highest BCUT2D eigenvalue weighted by Crippen LogP contribution is 2.32. The number of hydrogen-bond donors (Lipinski definition) is 1. The van der Waals surface area contributed by atoms with E-state index in [0.717, 1.165) is 12.0 Å². The predicted octanol–water partition coefficient (Wildman–Crippen LogP) is 3.18. The number of nitrogens with one attached hydrogen (secondary N) is 1. The number of ether oxygens (including phenoxy) is 1. The van der Waals surface area contributed by atoms with Crippen LogP contribution in [0, 0.1) is 0 Å². The lowest BCUT2D eigenvalue weighted by molar-refractivity contribution is -0.146. The van der Waals surface area contributed by atoms with Crippen molar-refractivity contribution >= 4 is 5.97 Å². The third-order valence-corrected chi connectivity index (χ3v) is 3.88. The van der Waals surface area contributed by atoms with Crippen LogP contribution in [0.4, 0.5) is 0 Å². The van der Waals surface area contributed by atoms with E-state index in [4.69, 9.17) is 4.74 Å². The fourth-order valence-electron chi connectivity index (χ4n) is 2.89. The van der Waals surface area contributed by atoms with E-state index in [1.54, 1.807) is 0 Å². The smallest absolute Gasteiger partial charge is 0.327 e. The highest BCUT2D eigenvalue weighted by Gasteiger charge is 2.32. The van der Waals surface area contributed by atoms with Crippen molar-refractivity contribution in [2.45, 2.75) is 25.4 Å². The molecule has 0 aliphatic carbocycles. The molecular weight excluding hydrogens is 262 g/mol. The summed E-state index contributed by atoms with van der Waals surface area (Å²) in [6.07, 6.45) is 0.885. The fourth-order valence-corrected chi connectivity index (χ4v) is 2.89. The molecule has 0 fully saturated rings. The quantitative estimate of drug-likeness (QED) is 0.878. The highest BCUT2D eigenvalue weighted by molar-refractivity contribution is 5.78. The molecular formula is C18H19NO2. The zero-order valence-electron chi connectivity index (χ0n) is 12.1. The van der Waals surface area contributed by atoms with Gasteiger partial charge in [0.25, 0.3) is 0 Å². The van der Waals surface area contributed by atoms with E-state index in [1.165, 1.54) is 11.1 Å². The van der Waals surface area contributed by atoms with Crippen molar-refractivity contribution in [2.75, 3.05) is 6.61 Å². The Labute approximate surface area is 124 Å². The SMILES string of the molecule is CCOC(=O)[C@H]1NC(c2ccccc2)Cc2ccccc21. The molecule has 2 aromatic rings. The van der Waals surface area contributed by atoms with Gasteiger partial charge in [-0.3, -0.25) is 5.32 Å². The zero-order valence-corrected chi connectivity index (χ0v) is 12.1. The summed E-state index contributed by atoms with van der Waals surface area (Å²) in [4.78, 5) is 12.3. The zero-order chi connectivity index (χ0) is 14.7. The maximum Gasteiger partial charge on any atom is 0.327 e. The largest absolute Gasteiger partial charge is 0.465 e. The Hall–Kier alpha value is -2.13. The lowest BCUT2D eigenvalue weighted by Gasteiger charge is -2.32. The van der Waals surface area contributed by atoms with Gasteiger partial charge in [-0.05, 0) is 30.0 Å². The Morgan fingerprint density at radius 2 is 1.86 bits per heavy atom. The van der Waals surface area contributed by atoms with Crippen LogP contribution in [0.2, 0.25) is 0 Å². The average molecular weight is 281 g/mol. The molecule has 3 nitrogen and oxygen atoms in total. The molecule has 2 aromatic carbocycles. The van der Waals surface area contributed by atoms with Crippen LogP contribution >= 0.6 is 0 Å². The van der Waals surface area contributed by atoms with Gasteiger partial charge >= 0.3 is 5.97 Å². The van der Waals surface area contributed by atoms with Crippen LogP contribution in [0.25, 0.3) is 0 Å². The monoisotopic (exact) mass is 281 g/mol. The van der Waals surface area contributed by atoms with Gasteiger partial charge in [0.1, 0.15) is 6.04 Å². The third kappa shape index (κ3) is 2.83. The molecule has 0 bridgehead atoms.